The molecule has 1 aliphatic heterocycles. The monoisotopic (exact) mass is 309 g/mol. The van der Waals surface area contributed by atoms with Crippen molar-refractivity contribution in [3.63, 3.8) is 0 Å². The standard InChI is InChI=1S/C17H24ClNO2/c18-15-12-13(6-7-17(15)21-14-4-3-5-14)16(20)8-11-19-9-1-2-10-19/h6-7,12,14,16,20H,1-5,8-11H2. The molecule has 1 atom stereocenters. The van der Waals surface area contributed by atoms with E-state index in [2.05, 4.69) is 4.90 Å². The van der Waals surface area contributed by atoms with Gasteiger partial charge in [0.05, 0.1) is 17.2 Å². The highest BCUT2D eigenvalue weighted by molar-refractivity contribution is 6.32. The molecular weight excluding hydrogens is 286 g/mol. The van der Waals surface area contributed by atoms with E-state index in [9.17, 15) is 5.11 Å². The highest BCUT2D eigenvalue weighted by Gasteiger charge is 2.21. The van der Waals surface area contributed by atoms with E-state index in [1.54, 1.807) is 0 Å². The molecule has 1 heterocycles. The number of hydrogen-bond acceptors (Lipinski definition) is 3. The van der Waals surface area contributed by atoms with Crippen LogP contribution in [0.1, 0.15) is 50.2 Å². The Hall–Kier alpha value is -0.770. The Morgan fingerprint density at radius 1 is 1.24 bits per heavy atom. The van der Waals surface area contributed by atoms with E-state index < -0.39 is 6.10 Å². The van der Waals surface area contributed by atoms with Gasteiger partial charge in [0.1, 0.15) is 5.75 Å². The van der Waals surface area contributed by atoms with Crippen molar-refractivity contribution in [1.29, 1.82) is 0 Å². The van der Waals surface area contributed by atoms with Crippen molar-refractivity contribution in [3.8, 4) is 5.75 Å². The van der Waals surface area contributed by atoms with Gasteiger partial charge in [-0.25, -0.2) is 0 Å². The number of ether oxygens (including phenoxy) is 1. The zero-order valence-electron chi connectivity index (χ0n) is 12.4. The fourth-order valence-corrected chi connectivity index (χ4v) is 3.20. The first-order chi connectivity index (χ1) is 10.2. The molecule has 1 saturated heterocycles. The summed E-state index contributed by atoms with van der Waals surface area (Å²) in [5.74, 6) is 0.747. The molecule has 0 bridgehead atoms. The Morgan fingerprint density at radius 3 is 2.62 bits per heavy atom. The molecule has 0 amide bonds. The van der Waals surface area contributed by atoms with E-state index in [1.165, 1.54) is 32.4 Å². The lowest BCUT2D eigenvalue weighted by Gasteiger charge is -2.27. The van der Waals surface area contributed by atoms with Crippen LogP contribution in [-0.4, -0.2) is 35.7 Å². The van der Waals surface area contributed by atoms with Gasteiger partial charge in [-0.05, 0) is 69.3 Å². The molecule has 3 rings (SSSR count). The van der Waals surface area contributed by atoms with Gasteiger partial charge in [0.15, 0.2) is 0 Å². The van der Waals surface area contributed by atoms with E-state index >= 15 is 0 Å². The molecule has 1 unspecified atom stereocenters. The second-order valence-corrected chi connectivity index (χ2v) is 6.62. The summed E-state index contributed by atoms with van der Waals surface area (Å²) in [5, 5.41) is 10.9. The number of nitrogens with zero attached hydrogens (tertiary/aromatic N) is 1. The lowest BCUT2D eigenvalue weighted by Crippen LogP contribution is -2.24. The van der Waals surface area contributed by atoms with Crippen LogP contribution in [0.25, 0.3) is 0 Å². The Bertz CT molecular complexity index is 470. The van der Waals surface area contributed by atoms with Crippen LogP contribution in [0.15, 0.2) is 18.2 Å². The number of rotatable bonds is 6. The molecule has 1 saturated carbocycles. The zero-order valence-corrected chi connectivity index (χ0v) is 13.2. The Kier molecular flexibility index (Phi) is 5.04. The SMILES string of the molecule is OC(CCN1CCCC1)c1ccc(OC2CCC2)c(Cl)c1. The Balaban J connectivity index is 1.55. The summed E-state index contributed by atoms with van der Waals surface area (Å²) in [5.41, 5.74) is 0.889. The minimum absolute atomic E-state index is 0.327. The summed E-state index contributed by atoms with van der Waals surface area (Å²) in [6.07, 6.45) is 6.71. The predicted molar refractivity (Wildman–Crippen MR) is 85.0 cm³/mol. The molecule has 2 aliphatic rings. The van der Waals surface area contributed by atoms with Crippen molar-refractivity contribution in [2.75, 3.05) is 19.6 Å². The van der Waals surface area contributed by atoms with Crippen molar-refractivity contribution >= 4 is 11.6 Å². The minimum atomic E-state index is -0.444. The summed E-state index contributed by atoms with van der Waals surface area (Å²) in [7, 11) is 0. The number of halogens is 1. The molecule has 0 aromatic heterocycles. The van der Waals surface area contributed by atoms with Crippen LogP contribution in [0.3, 0.4) is 0 Å². The van der Waals surface area contributed by atoms with Crippen molar-refractivity contribution in [2.45, 2.75) is 50.7 Å². The summed E-state index contributed by atoms with van der Waals surface area (Å²) in [4.78, 5) is 2.42. The van der Waals surface area contributed by atoms with Crippen LogP contribution in [0.5, 0.6) is 5.75 Å². The van der Waals surface area contributed by atoms with Gasteiger partial charge in [0, 0.05) is 6.54 Å². The molecule has 1 aromatic rings. The average molecular weight is 310 g/mol. The molecule has 0 spiro atoms. The average Bonchev–Trinajstić information content (AvgIpc) is 2.94. The third-order valence-corrected chi connectivity index (χ3v) is 4.90. The topological polar surface area (TPSA) is 32.7 Å². The maximum Gasteiger partial charge on any atom is 0.138 e. The lowest BCUT2D eigenvalue weighted by atomic mass is 9.96. The summed E-state index contributed by atoms with van der Waals surface area (Å²) >= 11 is 6.28. The van der Waals surface area contributed by atoms with Gasteiger partial charge in [-0.2, -0.15) is 0 Å². The number of benzene rings is 1. The number of hydrogen-bond donors (Lipinski definition) is 1. The van der Waals surface area contributed by atoms with Crippen LogP contribution in [-0.2, 0) is 0 Å². The quantitative estimate of drug-likeness (QED) is 0.868. The van der Waals surface area contributed by atoms with Gasteiger partial charge in [0.25, 0.3) is 0 Å². The van der Waals surface area contributed by atoms with Gasteiger partial charge in [0.2, 0.25) is 0 Å². The van der Waals surface area contributed by atoms with Crippen LogP contribution in [0.2, 0.25) is 5.02 Å². The fraction of sp³-hybridized carbons (Fsp3) is 0.647. The van der Waals surface area contributed by atoms with Gasteiger partial charge in [-0.3, -0.25) is 0 Å². The molecule has 3 nitrogen and oxygen atoms in total. The summed E-state index contributed by atoms with van der Waals surface area (Å²) in [6.45, 7) is 3.29. The maximum absolute atomic E-state index is 10.3. The van der Waals surface area contributed by atoms with E-state index in [0.29, 0.717) is 11.1 Å². The largest absolute Gasteiger partial charge is 0.489 e. The first kappa shape index (κ1) is 15.1. The van der Waals surface area contributed by atoms with Crippen LogP contribution < -0.4 is 4.74 Å². The summed E-state index contributed by atoms with van der Waals surface area (Å²) in [6, 6.07) is 5.69. The molecule has 4 heteroatoms. The van der Waals surface area contributed by atoms with Gasteiger partial charge in [-0.15, -0.1) is 0 Å². The fourth-order valence-electron chi connectivity index (χ4n) is 2.97. The number of aliphatic hydroxyl groups is 1. The number of aliphatic hydroxyl groups excluding tert-OH is 1. The first-order valence-electron chi connectivity index (χ1n) is 8.09. The second kappa shape index (κ2) is 6.99. The first-order valence-corrected chi connectivity index (χ1v) is 8.47. The van der Waals surface area contributed by atoms with Crippen LogP contribution in [0.4, 0.5) is 0 Å². The summed E-state index contributed by atoms with van der Waals surface area (Å²) < 4.78 is 5.84. The second-order valence-electron chi connectivity index (χ2n) is 6.21. The Labute approximate surface area is 131 Å². The molecular formula is C17H24ClNO2. The third-order valence-electron chi connectivity index (χ3n) is 4.60. The molecule has 0 radical (unpaired) electrons. The van der Waals surface area contributed by atoms with Gasteiger partial charge in [-0.1, -0.05) is 17.7 Å². The highest BCUT2D eigenvalue weighted by Crippen LogP contribution is 2.33. The molecule has 2 fully saturated rings. The predicted octanol–water partition coefficient (Wildman–Crippen LogP) is 3.79. The highest BCUT2D eigenvalue weighted by atomic mass is 35.5. The van der Waals surface area contributed by atoms with Gasteiger partial charge >= 0.3 is 0 Å². The Morgan fingerprint density at radius 2 is 2.00 bits per heavy atom. The molecule has 21 heavy (non-hydrogen) atoms. The zero-order chi connectivity index (χ0) is 14.7. The smallest absolute Gasteiger partial charge is 0.138 e. The van der Waals surface area contributed by atoms with E-state index in [-0.39, 0.29) is 0 Å². The molecule has 1 aliphatic carbocycles. The van der Waals surface area contributed by atoms with E-state index in [1.807, 2.05) is 18.2 Å². The normalized spacial score (nSPS) is 21.2. The van der Waals surface area contributed by atoms with Gasteiger partial charge < -0.3 is 14.7 Å². The minimum Gasteiger partial charge on any atom is -0.489 e. The van der Waals surface area contributed by atoms with E-state index in [4.69, 9.17) is 16.3 Å². The van der Waals surface area contributed by atoms with Crippen molar-refractivity contribution < 1.29 is 9.84 Å². The van der Waals surface area contributed by atoms with Crippen LogP contribution >= 0.6 is 11.6 Å². The molecule has 1 N–H and O–H groups in total. The molecule has 1 aromatic carbocycles. The molecule has 116 valence electrons. The van der Waals surface area contributed by atoms with Crippen LogP contribution in [0, 0.1) is 0 Å². The van der Waals surface area contributed by atoms with Crippen molar-refractivity contribution in [3.05, 3.63) is 28.8 Å². The number of likely N-dealkylation sites (tertiary alicyclic amines) is 1. The third kappa shape index (κ3) is 3.91. The lowest BCUT2D eigenvalue weighted by molar-refractivity contribution is 0.120. The van der Waals surface area contributed by atoms with E-state index in [0.717, 1.165) is 37.1 Å². The van der Waals surface area contributed by atoms with Crippen molar-refractivity contribution in [1.82, 2.24) is 4.90 Å². The maximum atomic E-state index is 10.3. The van der Waals surface area contributed by atoms with Crippen molar-refractivity contribution in [2.24, 2.45) is 0 Å².